The SMILES string of the molecule is CC1CCCCN1c1ccc(CBr)c(C(F)(F)F)c1. The third-order valence-corrected chi connectivity index (χ3v) is 4.28. The van der Waals surface area contributed by atoms with E-state index in [0.29, 0.717) is 17.3 Å². The van der Waals surface area contributed by atoms with Crippen LogP contribution in [0.2, 0.25) is 0 Å². The van der Waals surface area contributed by atoms with E-state index < -0.39 is 11.7 Å². The average molecular weight is 336 g/mol. The van der Waals surface area contributed by atoms with Crippen LogP contribution in [0.3, 0.4) is 0 Å². The highest BCUT2D eigenvalue weighted by Gasteiger charge is 2.34. The summed E-state index contributed by atoms with van der Waals surface area (Å²) >= 11 is 3.12. The molecule has 1 fully saturated rings. The van der Waals surface area contributed by atoms with Gasteiger partial charge in [-0.15, -0.1) is 0 Å². The van der Waals surface area contributed by atoms with Crippen molar-refractivity contribution in [1.29, 1.82) is 0 Å². The summed E-state index contributed by atoms with van der Waals surface area (Å²) in [5, 5.41) is 0.220. The maximum Gasteiger partial charge on any atom is 0.416 e. The predicted molar refractivity (Wildman–Crippen MR) is 74.7 cm³/mol. The molecule has 1 aliphatic rings. The van der Waals surface area contributed by atoms with Crippen molar-refractivity contribution in [3.63, 3.8) is 0 Å². The summed E-state index contributed by atoms with van der Waals surface area (Å²) in [5.74, 6) is 0. The molecular weight excluding hydrogens is 319 g/mol. The number of piperidine rings is 1. The molecule has 106 valence electrons. The summed E-state index contributed by atoms with van der Waals surface area (Å²) in [4.78, 5) is 2.08. The van der Waals surface area contributed by atoms with Crippen molar-refractivity contribution in [1.82, 2.24) is 0 Å². The van der Waals surface area contributed by atoms with E-state index >= 15 is 0 Å². The first-order valence-electron chi connectivity index (χ1n) is 6.46. The molecule has 0 saturated carbocycles. The lowest BCUT2D eigenvalue weighted by atomic mass is 10.0. The maximum atomic E-state index is 13.0. The van der Waals surface area contributed by atoms with E-state index in [9.17, 15) is 13.2 Å². The van der Waals surface area contributed by atoms with Crippen molar-refractivity contribution in [2.45, 2.75) is 43.7 Å². The smallest absolute Gasteiger partial charge is 0.369 e. The summed E-state index contributed by atoms with van der Waals surface area (Å²) in [6.07, 6.45) is -1.05. The minimum Gasteiger partial charge on any atom is -0.369 e. The van der Waals surface area contributed by atoms with Crippen LogP contribution in [0.25, 0.3) is 0 Å². The van der Waals surface area contributed by atoms with E-state index in [1.807, 2.05) is 0 Å². The van der Waals surface area contributed by atoms with Gasteiger partial charge in [-0.1, -0.05) is 22.0 Å². The van der Waals surface area contributed by atoms with E-state index in [2.05, 4.69) is 27.8 Å². The van der Waals surface area contributed by atoms with Gasteiger partial charge in [0.05, 0.1) is 5.56 Å². The summed E-state index contributed by atoms with van der Waals surface area (Å²) in [6, 6.07) is 4.98. The van der Waals surface area contributed by atoms with Gasteiger partial charge in [0.25, 0.3) is 0 Å². The zero-order valence-corrected chi connectivity index (χ0v) is 12.4. The monoisotopic (exact) mass is 335 g/mol. The van der Waals surface area contributed by atoms with Gasteiger partial charge in [0.1, 0.15) is 0 Å². The predicted octanol–water partition coefficient (Wildman–Crippen LogP) is 4.98. The number of alkyl halides is 4. The minimum atomic E-state index is -4.29. The fourth-order valence-electron chi connectivity index (χ4n) is 2.61. The van der Waals surface area contributed by atoms with Gasteiger partial charge >= 0.3 is 6.18 Å². The molecule has 1 aliphatic heterocycles. The molecule has 0 aromatic heterocycles. The zero-order valence-electron chi connectivity index (χ0n) is 10.8. The molecule has 1 unspecified atom stereocenters. The van der Waals surface area contributed by atoms with Crippen molar-refractivity contribution in [2.75, 3.05) is 11.4 Å². The van der Waals surface area contributed by atoms with Gasteiger partial charge in [0.2, 0.25) is 0 Å². The maximum absolute atomic E-state index is 13.0. The van der Waals surface area contributed by atoms with Crippen LogP contribution in [0.5, 0.6) is 0 Å². The summed E-state index contributed by atoms with van der Waals surface area (Å²) in [7, 11) is 0. The second kappa shape index (κ2) is 5.73. The second-order valence-electron chi connectivity index (χ2n) is 5.01. The Balaban J connectivity index is 2.37. The summed E-state index contributed by atoms with van der Waals surface area (Å²) in [5.41, 5.74) is 0.449. The van der Waals surface area contributed by atoms with E-state index in [4.69, 9.17) is 0 Å². The van der Waals surface area contributed by atoms with Gasteiger partial charge in [-0.05, 0) is 43.9 Å². The number of hydrogen-bond acceptors (Lipinski definition) is 1. The zero-order chi connectivity index (χ0) is 14.0. The molecular formula is C14H17BrF3N. The topological polar surface area (TPSA) is 3.24 Å². The molecule has 0 N–H and O–H groups in total. The van der Waals surface area contributed by atoms with Crippen LogP contribution in [0, 0.1) is 0 Å². The van der Waals surface area contributed by atoms with E-state index in [1.54, 1.807) is 12.1 Å². The lowest BCUT2D eigenvalue weighted by Crippen LogP contribution is -2.37. The number of nitrogens with zero attached hydrogens (tertiary/aromatic N) is 1. The number of anilines is 1. The second-order valence-corrected chi connectivity index (χ2v) is 5.57. The molecule has 5 heteroatoms. The highest BCUT2D eigenvalue weighted by Crippen LogP contribution is 2.36. The van der Waals surface area contributed by atoms with Crippen molar-refractivity contribution in [3.8, 4) is 0 Å². The Morgan fingerprint density at radius 1 is 1.32 bits per heavy atom. The van der Waals surface area contributed by atoms with E-state index in [1.165, 1.54) is 6.07 Å². The molecule has 0 spiro atoms. The first-order chi connectivity index (χ1) is 8.93. The Kier molecular flexibility index (Phi) is 4.43. The fraction of sp³-hybridized carbons (Fsp3) is 0.571. The van der Waals surface area contributed by atoms with Crippen LogP contribution in [0.1, 0.15) is 37.3 Å². The quantitative estimate of drug-likeness (QED) is 0.689. The van der Waals surface area contributed by atoms with Crippen molar-refractivity contribution < 1.29 is 13.2 Å². The Hall–Kier alpha value is -0.710. The van der Waals surface area contributed by atoms with Crippen LogP contribution in [0.4, 0.5) is 18.9 Å². The summed E-state index contributed by atoms with van der Waals surface area (Å²) in [6.45, 7) is 2.91. The van der Waals surface area contributed by atoms with Crippen molar-refractivity contribution in [3.05, 3.63) is 29.3 Å². The van der Waals surface area contributed by atoms with Crippen LogP contribution in [-0.2, 0) is 11.5 Å². The van der Waals surface area contributed by atoms with Crippen molar-refractivity contribution in [2.24, 2.45) is 0 Å². The largest absolute Gasteiger partial charge is 0.416 e. The number of rotatable bonds is 2. The Morgan fingerprint density at radius 3 is 2.63 bits per heavy atom. The minimum absolute atomic E-state index is 0.220. The third kappa shape index (κ3) is 3.25. The first kappa shape index (κ1) is 14.7. The first-order valence-corrected chi connectivity index (χ1v) is 7.58. The number of benzene rings is 1. The molecule has 1 aromatic carbocycles. The van der Waals surface area contributed by atoms with Gasteiger partial charge in [-0.25, -0.2) is 0 Å². The lowest BCUT2D eigenvalue weighted by Gasteiger charge is -2.36. The number of halogens is 4. The molecule has 1 saturated heterocycles. The highest BCUT2D eigenvalue weighted by atomic mass is 79.9. The molecule has 19 heavy (non-hydrogen) atoms. The molecule has 2 rings (SSSR count). The fourth-order valence-corrected chi connectivity index (χ4v) is 3.09. The number of hydrogen-bond donors (Lipinski definition) is 0. The summed E-state index contributed by atoms with van der Waals surface area (Å²) < 4.78 is 39.1. The molecule has 0 bridgehead atoms. The molecule has 0 amide bonds. The van der Waals surface area contributed by atoms with Crippen molar-refractivity contribution >= 4 is 21.6 Å². The molecule has 1 heterocycles. The molecule has 1 atom stereocenters. The Morgan fingerprint density at radius 2 is 2.05 bits per heavy atom. The van der Waals surface area contributed by atoms with E-state index in [0.717, 1.165) is 25.8 Å². The van der Waals surface area contributed by atoms with Gasteiger partial charge in [0.15, 0.2) is 0 Å². The molecule has 1 aromatic rings. The highest BCUT2D eigenvalue weighted by molar-refractivity contribution is 9.08. The van der Waals surface area contributed by atoms with Gasteiger partial charge in [-0.2, -0.15) is 13.2 Å². The average Bonchev–Trinajstić information content (AvgIpc) is 2.37. The van der Waals surface area contributed by atoms with Crippen LogP contribution < -0.4 is 4.90 Å². The van der Waals surface area contributed by atoms with Gasteiger partial charge in [0, 0.05) is 23.6 Å². The Bertz CT molecular complexity index is 445. The van der Waals surface area contributed by atoms with Gasteiger partial charge < -0.3 is 4.90 Å². The Labute approximate surface area is 119 Å². The van der Waals surface area contributed by atoms with E-state index in [-0.39, 0.29) is 5.33 Å². The standard InChI is InChI=1S/C14H17BrF3N/c1-10-4-2-3-7-19(10)12-6-5-11(9-15)13(8-12)14(16,17)18/h5-6,8,10H,2-4,7,9H2,1H3. The molecule has 0 radical (unpaired) electrons. The molecule has 0 aliphatic carbocycles. The normalized spacial score (nSPS) is 20.7. The lowest BCUT2D eigenvalue weighted by molar-refractivity contribution is -0.138. The van der Waals surface area contributed by atoms with Crippen LogP contribution >= 0.6 is 15.9 Å². The third-order valence-electron chi connectivity index (χ3n) is 3.68. The molecule has 1 nitrogen and oxygen atoms in total. The van der Waals surface area contributed by atoms with Crippen LogP contribution in [0.15, 0.2) is 18.2 Å². The van der Waals surface area contributed by atoms with Gasteiger partial charge in [-0.3, -0.25) is 0 Å². The van der Waals surface area contributed by atoms with Crippen LogP contribution in [-0.4, -0.2) is 12.6 Å².